The van der Waals surface area contributed by atoms with Crippen LogP contribution in [0.4, 0.5) is 5.82 Å². The minimum Gasteiger partial charge on any atom is -0.354 e. The molecule has 1 atom stereocenters. The van der Waals surface area contributed by atoms with Gasteiger partial charge in [-0.25, -0.2) is 4.98 Å². The number of anilines is 1. The topological polar surface area (TPSA) is 41.0 Å². The smallest absolute Gasteiger partial charge is 0.147 e. The summed E-state index contributed by atoms with van der Waals surface area (Å²) in [5.41, 5.74) is 0. The minimum atomic E-state index is 0.618. The molecule has 1 saturated heterocycles. The normalized spacial score (nSPS) is 20.5. The maximum absolute atomic E-state index is 4.33. The van der Waals surface area contributed by atoms with Crippen LogP contribution in [0.15, 0.2) is 18.6 Å². The molecule has 82 valence electrons. The third kappa shape index (κ3) is 2.65. The van der Waals surface area contributed by atoms with Crippen molar-refractivity contribution in [3.63, 3.8) is 0 Å². The molecular weight excluding hydrogens is 188 g/mol. The zero-order chi connectivity index (χ0) is 10.5. The molecule has 0 saturated carbocycles. The van der Waals surface area contributed by atoms with Crippen molar-refractivity contribution in [1.82, 2.24) is 15.3 Å². The van der Waals surface area contributed by atoms with Crippen LogP contribution in [0, 0.1) is 0 Å². The summed E-state index contributed by atoms with van der Waals surface area (Å²) < 4.78 is 0. The maximum Gasteiger partial charge on any atom is 0.147 e. The van der Waals surface area contributed by atoms with Crippen molar-refractivity contribution >= 4 is 5.82 Å². The Morgan fingerprint density at radius 1 is 1.53 bits per heavy atom. The molecule has 0 bridgehead atoms. The lowest BCUT2D eigenvalue weighted by molar-refractivity contribution is 0.583. The van der Waals surface area contributed by atoms with E-state index in [-0.39, 0.29) is 0 Å². The lowest BCUT2D eigenvalue weighted by atomic mass is 10.2. The van der Waals surface area contributed by atoms with Gasteiger partial charge in [-0.05, 0) is 26.3 Å². The molecule has 0 aromatic carbocycles. The monoisotopic (exact) mass is 206 g/mol. The van der Waals surface area contributed by atoms with Crippen LogP contribution in [-0.4, -0.2) is 35.6 Å². The summed E-state index contributed by atoms with van der Waals surface area (Å²) >= 11 is 0. The van der Waals surface area contributed by atoms with E-state index in [2.05, 4.69) is 27.1 Å². The Bertz CT molecular complexity index is 282. The van der Waals surface area contributed by atoms with Gasteiger partial charge in [-0.1, -0.05) is 0 Å². The Morgan fingerprint density at radius 2 is 2.47 bits per heavy atom. The SMILES string of the molecule is CCN(CC1CCCN1)c1cnccn1. The van der Waals surface area contributed by atoms with Gasteiger partial charge >= 0.3 is 0 Å². The fourth-order valence-corrected chi connectivity index (χ4v) is 2.02. The number of aromatic nitrogens is 2. The second-order valence-electron chi connectivity index (χ2n) is 3.90. The van der Waals surface area contributed by atoms with Gasteiger partial charge in [0.1, 0.15) is 5.82 Å². The molecule has 0 spiro atoms. The first-order valence-corrected chi connectivity index (χ1v) is 5.64. The van der Waals surface area contributed by atoms with Crippen molar-refractivity contribution in [3.8, 4) is 0 Å². The van der Waals surface area contributed by atoms with Crippen molar-refractivity contribution < 1.29 is 0 Å². The number of likely N-dealkylation sites (N-methyl/N-ethyl adjacent to an activating group) is 1. The molecule has 0 radical (unpaired) electrons. The summed E-state index contributed by atoms with van der Waals surface area (Å²) in [5.74, 6) is 0.980. The van der Waals surface area contributed by atoms with Crippen LogP contribution in [0.3, 0.4) is 0 Å². The number of rotatable bonds is 4. The largest absolute Gasteiger partial charge is 0.354 e. The van der Waals surface area contributed by atoms with Gasteiger partial charge in [0.15, 0.2) is 0 Å². The van der Waals surface area contributed by atoms with Gasteiger partial charge in [0.25, 0.3) is 0 Å². The average molecular weight is 206 g/mol. The van der Waals surface area contributed by atoms with Gasteiger partial charge in [0.2, 0.25) is 0 Å². The molecule has 1 N–H and O–H groups in total. The van der Waals surface area contributed by atoms with E-state index in [1.165, 1.54) is 12.8 Å². The van der Waals surface area contributed by atoms with E-state index < -0.39 is 0 Å². The van der Waals surface area contributed by atoms with Crippen LogP contribution < -0.4 is 10.2 Å². The van der Waals surface area contributed by atoms with Crippen LogP contribution in [0.5, 0.6) is 0 Å². The quantitative estimate of drug-likeness (QED) is 0.799. The second-order valence-corrected chi connectivity index (χ2v) is 3.90. The molecule has 1 aliphatic rings. The summed E-state index contributed by atoms with van der Waals surface area (Å²) in [6.45, 7) is 5.33. The highest BCUT2D eigenvalue weighted by Gasteiger charge is 2.17. The highest BCUT2D eigenvalue weighted by Crippen LogP contribution is 2.12. The zero-order valence-electron chi connectivity index (χ0n) is 9.19. The third-order valence-corrected chi connectivity index (χ3v) is 2.86. The van der Waals surface area contributed by atoms with Gasteiger partial charge in [0, 0.05) is 31.5 Å². The first-order chi connectivity index (χ1) is 7.40. The van der Waals surface area contributed by atoms with Crippen LogP contribution in [0.25, 0.3) is 0 Å². The highest BCUT2D eigenvalue weighted by molar-refractivity contribution is 5.35. The Hall–Kier alpha value is -1.16. The highest BCUT2D eigenvalue weighted by atomic mass is 15.2. The zero-order valence-corrected chi connectivity index (χ0v) is 9.19. The predicted octanol–water partition coefficient (Wildman–Crippen LogP) is 1.05. The lowest BCUT2D eigenvalue weighted by Crippen LogP contribution is -2.37. The molecule has 4 heteroatoms. The van der Waals surface area contributed by atoms with Gasteiger partial charge in [0.05, 0.1) is 6.20 Å². The van der Waals surface area contributed by atoms with E-state index >= 15 is 0 Å². The molecule has 1 unspecified atom stereocenters. The number of nitrogens with zero attached hydrogens (tertiary/aromatic N) is 3. The first-order valence-electron chi connectivity index (χ1n) is 5.64. The van der Waals surface area contributed by atoms with Crippen molar-refractivity contribution in [2.24, 2.45) is 0 Å². The number of hydrogen-bond acceptors (Lipinski definition) is 4. The molecule has 1 aliphatic heterocycles. The molecule has 15 heavy (non-hydrogen) atoms. The number of nitrogens with one attached hydrogen (secondary N) is 1. The van der Waals surface area contributed by atoms with Crippen molar-refractivity contribution in [2.75, 3.05) is 24.5 Å². The van der Waals surface area contributed by atoms with E-state index in [1.807, 2.05) is 6.20 Å². The van der Waals surface area contributed by atoms with E-state index in [0.29, 0.717) is 6.04 Å². The third-order valence-electron chi connectivity index (χ3n) is 2.86. The van der Waals surface area contributed by atoms with Gasteiger partial charge in [-0.2, -0.15) is 0 Å². The number of hydrogen-bond donors (Lipinski definition) is 1. The van der Waals surface area contributed by atoms with E-state index in [0.717, 1.165) is 25.5 Å². The summed E-state index contributed by atoms with van der Waals surface area (Å²) in [4.78, 5) is 10.7. The van der Waals surface area contributed by atoms with E-state index in [4.69, 9.17) is 0 Å². The van der Waals surface area contributed by atoms with Crippen molar-refractivity contribution in [2.45, 2.75) is 25.8 Å². The Morgan fingerprint density at radius 3 is 3.07 bits per heavy atom. The molecule has 4 nitrogen and oxygen atoms in total. The molecule has 1 aromatic heterocycles. The Labute approximate surface area is 90.7 Å². The van der Waals surface area contributed by atoms with Gasteiger partial charge < -0.3 is 10.2 Å². The summed E-state index contributed by atoms with van der Waals surface area (Å²) in [6, 6.07) is 0.618. The molecule has 1 aromatic rings. The summed E-state index contributed by atoms with van der Waals surface area (Å²) in [6.07, 6.45) is 7.86. The lowest BCUT2D eigenvalue weighted by Gasteiger charge is -2.24. The van der Waals surface area contributed by atoms with Crippen molar-refractivity contribution in [3.05, 3.63) is 18.6 Å². The van der Waals surface area contributed by atoms with E-state index in [9.17, 15) is 0 Å². The summed E-state index contributed by atoms with van der Waals surface area (Å²) in [7, 11) is 0. The van der Waals surface area contributed by atoms with Crippen molar-refractivity contribution in [1.29, 1.82) is 0 Å². The maximum atomic E-state index is 4.33. The first kappa shape index (κ1) is 10.4. The Kier molecular flexibility index (Phi) is 3.50. The molecular formula is C11H18N4. The fourth-order valence-electron chi connectivity index (χ4n) is 2.02. The standard InChI is InChI=1S/C11H18N4/c1-2-15(9-10-4-3-5-13-10)11-8-12-6-7-14-11/h6-8,10,13H,2-5,9H2,1H3. The average Bonchev–Trinajstić information content (AvgIpc) is 2.80. The van der Waals surface area contributed by atoms with E-state index in [1.54, 1.807) is 12.4 Å². The van der Waals surface area contributed by atoms with Crippen LogP contribution in [-0.2, 0) is 0 Å². The van der Waals surface area contributed by atoms with Crippen LogP contribution >= 0.6 is 0 Å². The molecule has 0 aliphatic carbocycles. The fraction of sp³-hybridized carbons (Fsp3) is 0.636. The minimum absolute atomic E-state index is 0.618. The predicted molar refractivity (Wildman–Crippen MR) is 60.9 cm³/mol. The summed E-state index contributed by atoms with van der Waals surface area (Å²) in [5, 5.41) is 3.50. The molecule has 2 rings (SSSR count). The van der Waals surface area contributed by atoms with Crippen LogP contribution in [0.2, 0.25) is 0 Å². The molecule has 1 fully saturated rings. The second kappa shape index (κ2) is 5.07. The van der Waals surface area contributed by atoms with Crippen LogP contribution in [0.1, 0.15) is 19.8 Å². The molecule has 0 amide bonds. The van der Waals surface area contributed by atoms with Gasteiger partial charge in [-0.3, -0.25) is 4.98 Å². The van der Waals surface area contributed by atoms with Gasteiger partial charge in [-0.15, -0.1) is 0 Å². The molecule has 2 heterocycles. The Balaban J connectivity index is 1.97.